The van der Waals surface area contributed by atoms with Gasteiger partial charge in [0.25, 0.3) is 0 Å². The van der Waals surface area contributed by atoms with Gasteiger partial charge in [0.05, 0.1) is 5.02 Å². The van der Waals surface area contributed by atoms with Crippen molar-refractivity contribution >= 4 is 11.6 Å². The molecule has 0 spiro atoms. The largest absolute Gasteiger partial charge is 0.205 e. The molecule has 4 heteroatoms. The SMILES string of the molecule is Fc1cc2c(cc1F)-c1cc(F)c(Cl)cc1C2. The Kier molecular flexibility index (Phi) is 2.20. The van der Waals surface area contributed by atoms with Crippen LogP contribution in [0.1, 0.15) is 11.1 Å². The average Bonchev–Trinajstić information content (AvgIpc) is 2.58. The van der Waals surface area contributed by atoms with Crippen LogP contribution in [0.3, 0.4) is 0 Å². The van der Waals surface area contributed by atoms with Crippen molar-refractivity contribution in [3.8, 4) is 11.1 Å². The molecular weight excluding hydrogens is 249 g/mol. The molecule has 17 heavy (non-hydrogen) atoms. The van der Waals surface area contributed by atoms with Gasteiger partial charge in [-0.05, 0) is 52.9 Å². The summed E-state index contributed by atoms with van der Waals surface area (Å²) in [6.45, 7) is 0. The van der Waals surface area contributed by atoms with Crippen molar-refractivity contribution in [2.24, 2.45) is 0 Å². The second-order valence-electron chi connectivity index (χ2n) is 4.02. The topological polar surface area (TPSA) is 0 Å². The lowest BCUT2D eigenvalue weighted by Gasteiger charge is -2.03. The number of rotatable bonds is 0. The molecule has 0 amide bonds. The number of hydrogen-bond acceptors (Lipinski definition) is 0. The maximum absolute atomic E-state index is 13.3. The van der Waals surface area contributed by atoms with Gasteiger partial charge < -0.3 is 0 Å². The molecule has 0 bridgehead atoms. The van der Waals surface area contributed by atoms with E-state index in [1.807, 2.05) is 0 Å². The summed E-state index contributed by atoms with van der Waals surface area (Å²) in [7, 11) is 0. The molecule has 0 aliphatic heterocycles. The highest BCUT2D eigenvalue weighted by Gasteiger charge is 2.22. The van der Waals surface area contributed by atoms with Crippen molar-refractivity contribution in [3.05, 3.63) is 57.9 Å². The zero-order chi connectivity index (χ0) is 12.2. The molecule has 3 rings (SSSR count). The fourth-order valence-corrected chi connectivity index (χ4v) is 2.36. The van der Waals surface area contributed by atoms with Crippen LogP contribution in [0.15, 0.2) is 24.3 Å². The summed E-state index contributed by atoms with van der Waals surface area (Å²) >= 11 is 5.67. The van der Waals surface area contributed by atoms with Gasteiger partial charge in [0.1, 0.15) is 5.82 Å². The van der Waals surface area contributed by atoms with Gasteiger partial charge in [-0.3, -0.25) is 0 Å². The van der Waals surface area contributed by atoms with E-state index in [9.17, 15) is 13.2 Å². The lowest BCUT2D eigenvalue weighted by molar-refractivity contribution is 0.508. The Morgan fingerprint density at radius 2 is 1.29 bits per heavy atom. The van der Waals surface area contributed by atoms with Gasteiger partial charge in [-0.25, -0.2) is 13.2 Å². The van der Waals surface area contributed by atoms with Crippen molar-refractivity contribution in [2.75, 3.05) is 0 Å². The Bertz CT molecular complexity index is 580. The highest BCUT2D eigenvalue weighted by atomic mass is 35.5. The summed E-state index contributed by atoms with van der Waals surface area (Å²) in [6, 6.07) is 5.02. The van der Waals surface area contributed by atoms with Gasteiger partial charge >= 0.3 is 0 Å². The van der Waals surface area contributed by atoms with Crippen LogP contribution in [-0.2, 0) is 6.42 Å². The first kappa shape index (κ1) is 10.7. The van der Waals surface area contributed by atoms with Gasteiger partial charge in [0.2, 0.25) is 0 Å². The molecule has 2 aromatic rings. The summed E-state index contributed by atoms with van der Waals surface area (Å²) in [5.41, 5.74) is 2.56. The predicted octanol–water partition coefficient (Wildman–Crippen LogP) is 4.33. The van der Waals surface area contributed by atoms with E-state index in [2.05, 4.69) is 0 Å². The molecule has 2 aromatic carbocycles. The second kappa shape index (κ2) is 3.50. The van der Waals surface area contributed by atoms with E-state index in [0.29, 0.717) is 23.1 Å². The van der Waals surface area contributed by atoms with E-state index in [4.69, 9.17) is 11.6 Å². The van der Waals surface area contributed by atoms with Crippen LogP contribution in [0.25, 0.3) is 11.1 Å². The maximum atomic E-state index is 13.3. The van der Waals surface area contributed by atoms with Crippen molar-refractivity contribution in [2.45, 2.75) is 6.42 Å². The number of fused-ring (bicyclic) bond motifs is 3. The highest BCUT2D eigenvalue weighted by Crippen LogP contribution is 2.39. The highest BCUT2D eigenvalue weighted by molar-refractivity contribution is 6.31. The summed E-state index contributed by atoms with van der Waals surface area (Å²) in [5, 5.41) is 0.0255. The second-order valence-corrected chi connectivity index (χ2v) is 4.43. The van der Waals surface area contributed by atoms with Crippen LogP contribution < -0.4 is 0 Å². The Morgan fingerprint density at radius 3 is 2.00 bits per heavy atom. The van der Waals surface area contributed by atoms with E-state index in [1.54, 1.807) is 0 Å². The molecule has 0 saturated carbocycles. The maximum Gasteiger partial charge on any atom is 0.159 e. The van der Waals surface area contributed by atoms with Gasteiger partial charge in [0.15, 0.2) is 11.6 Å². The summed E-state index contributed by atoms with van der Waals surface area (Å²) in [4.78, 5) is 0. The normalized spacial score (nSPS) is 12.5. The van der Waals surface area contributed by atoms with Crippen molar-refractivity contribution in [1.29, 1.82) is 0 Å². The Morgan fingerprint density at radius 1 is 0.765 bits per heavy atom. The lowest BCUT2D eigenvalue weighted by Crippen LogP contribution is -1.88. The van der Waals surface area contributed by atoms with E-state index in [-0.39, 0.29) is 5.02 Å². The fourth-order valence-electron chi connectivity index (χ4n) is 2.18. The van der Waals surface area contributed by atoms with Crippen LogP contribution in [-0.4, -0.2) is 0 Å². The predicted molar refractivity (Wildman–Crippen MR) is 59.6 cm³/mol. The number of halogens is 4. The smallest absolute Gasteiger partial charge is 0.159 e. The number of hydrogen-bond donors (Lipinski definition) is 0. The molecule has 0 radical (unpaired) electrons. The first-order valence-corrected chi connectivity index (χ1v) is 5.40. The van der Waals surface area contributed by atoms with Crippen LogP contribution >= 0.6 is 11.6 Å². The van der Waals surface area contributed by atoms with Crippen molar-refractivity contribution in [3.63, 3.8) is 0 Å². The van der Waals surface area contributed by atoms with Crippen LogP contribution in [0.4, 0.5) is 13.2 Å². The number of benzene rings is 2. The Labute approximate surface area is 101 Å². The Balaban J connectivity index is 2.27. The minimum Gasteiger partial charge on any atom is -0.205 e. The summed E-state index contributed by atoms with van der Waals surface area (Å²) in [5.74, 6) is -2.36. The zero-order valence-electron chi connectivity index (χ0n) is 8.53. The minimum atomic E-state index is -0.924. The zero-order valence-corrected chi connectivity index (χ0v) is 9.28. The lowest BCUT2D eigenvalue weighted by atomic mass is 10.1. The van der Waals surface area contributed by atoms with E-state index in [1.165, 1.54) is 12.1 Å². The molecule has 1 aliphatic carbocycles. The molecule has 0 unspecified atom stereocenters. The third-order valence-corrected chi connectivity index (χ3v) is 3.25. The molecule has 1 aliphatic rings. The minimum absolute atomic E-state index is 0.0255. The molecule has 0 atom stereocenters. The van der Waals surface area contributed by atoms with Crippen LogP contribution in [0, 0.1) is 17.5 Å². The first-order valence-electron chi connectivity index (χ1n) is 5.02. The van der Waals surface area contributed by atoms with E-state index < -0.39 is 17.5 Å². The van der Waals surface area contributed by atoms with Crippen molar-refractivity contribution in [1.82, 2.24) is 0 Å². The third-order valence-electron chi connectivity index (χ3n) is 2.96. The fraction of sp³-hybridized carbons (Fsp3) is 0.0769. The van der Waals surface area contributed by atoms with Crippen LogP contribution in [0.2, 0.25) is 5.02 Å². The molecule has 86 valence electrons. The van der Waals surface area contributed by atoms with E-state index >= 15 is 0 Å². The van der Waals surface area contributed by atoms with Gasteiger partial charge in [0, 0.05) is 0 Å². The summed E-state index contributed by atoms with van der Waals surface area (Å²) < 4.78 is 39.6. The molecule has 0 fully saturated rings. The molecule has 0 aromatic heterocycles. The standard InChI is InChI=1S/C13H6ClF3/c14-10-2-6-1-7-3-12(16)13(17)5-9(7)8(6)4-11(10)15/h2-5H,1H2. The van der Waals surface area contributed by atoms with E-state index in [0.717, 1.165) is 17.7 Å². The van der Waals surface area contributed by atoms with Crippen LogP contribution in [0.5, 0.6) is 0 Å². The third kappa shape index (κ3) is 1.53. The molecular formula is C13H6ClF3. The Hall–Kier alpha value is -1.48. The first-order chi connectivity index (χ1) is 8.06. The summed E-state index contributed by atoms with van der Waals surface area (Å²) in [6.07, 6.45) is 0.446. The van der Waals surface area contributed by atoms with Gasteiger partial charge in [-0.15, -0.1) is 0 Å². The average molecular weight is 255 g/mol. The molecule has 0 N–H and O–H groups in total. The quantitative estimate of drug-likeness (QED) is 0.560. The van der Waals surface area contributed by atoms with Crippen molar-refractivity contribution < 1.29 is 13.2 Å². The molecule has 0 heterocycles. The monoisotopic (exact) mass is 254 g/mol. The molecule has 0 saturated heterocycles. The van der Waals surface area contributed by atoms with Gasteiger partial charge in [-0.2, -0.15) is 0 Å². The van der Waals surface area contributed by atoms with Gasteiger partial charge in [-0.1, -0.05) is 11.6 Å². The molecule has 0 nitrogen and oxygen atoms in total.